The Hall–Kier alpha value is -2.45. The van der Waals surface area contributed by atoms with Crippen LogP contribution in [0.1, 0.15) is 0 Å². The van der Waals surface area contributed by atoms with Gasteiger partial charge in [-0.05, 0) is 24.3 Å². The molecule has 2 rings (SSSR count). The lowest BCUT2D eigenvalue weighted by Crippen LogP contribution is -2.12. The number of sulfonamides is 1. The summed E-state index contributed by atoms with van der Waals surface area (Å²) in [7, 11) is -3.73. The number of nitro benzene ring substituents is 1. The molecule has 0 aliphatic carbocycles. The number of para-hydroxylation sites is 1. The Morgan fingerprint density at radius 2 is 1.50 bits per heavy atom. The van der Waals surface area contributed by atoms with E-state index in [1.54, 1.807) is 30.3 Å². The summed E-state index contributed by atoms with van der Waals surface area (Å²) in [6.45, 7) is 0. The van der Waals surface area contributed by atoms with Crippen molar-refractivity contribution in [3.8, 4) is 0 Å². The first kappa shape index (κ1) is 15.6. The number of nitrogens with zero attached hydrogens (tertiary/aromatic N) is 1. The lowest BCUT2D eigenvalue weighted by molar-refractivity contribution is -0.384. The molecule has 3 N–H and O–H groups in total. The van der Waals surface area contributed by atoms with E-state index in [4.69, 9.17) is 0 Å². The Kier molecular flexibility index (Phi) is 4.78. The van der Waals surface area contributed by atoms with Crippen molar-refractivity contribution in [2.75, 3.05) is 4.72 Å². The van der Waals surface area contributed by atoms with Gasteiger partial charge in [0.05, 0.1) is 9.82 Å². The van der Waals surface area contributed by atoms with E-state index in [9.17, 15) is 18.5 Å². The molecule has 0 bridgehead atoms. The Bertz CT molecular complexity index is 684. The Morgan fingerprint density at radius 3 is 2.00 bits per heavy atom. The number of benzene rings is 2. The molecule has 8 heteroatoms. The monoisotopic (exact) mass is 296 g/mol. The predicted molar refractivity (Wildman–Crippen MR) is 74.0 cm³/mol. The van der Waals surface area contributed by atoms with E-state index in [1.807, 2.05) is 0 Å². The SMILES string of the molecule is O.O=[N+]([O-])c1ccc(S(=O)(=O)Nc2ccccc2)cc1. The molecule has 0 fully saturated rings. The average Bonchev–Trinajstić information content (AvgIpc) is 2.39. The first-order chi connectivity index (χ1) is 8.99. The van der Waals surface area contributed by atoms with Gasteiger partial charge in [0.1, 0.15) is 0 Å². The number of nitro groups is 1. The van der Waals surface area contributed by atoms with Crippen LogP contribution >= 0.6 is 0 Å². The number of rotatable bonds is 4. The Balaban J connectivity index is 0.00000200. The fourth-order valence-electron chi connectivity index (χ4n) is 1.47. The molecule has 0 amide bonds. The number of hydrogen-bond donors (Lipinski definition) is 1. The maximum Gasteiger partial charge on any atom is 0.269 e. The van der Waals surface area contributed by atoms with Crippen LogP contribution in [0.15, 0.2) is 59.5 Å². The van der Waals surface area contributed by atoms with Crippen molar-refractivity contribution in [1.82, 2.24) is 0 Å². The van der Waals surface area contributed by atoms with Crippen molar-refractivity contribution in [1.29, 1.82) is 0 Å². The minimum atomic E-state index is -3.73. The number of non-ortho nitro benzene ring substituents is 1. The molecule has 106 valence electrons. The van der Waals surface area contributed by atoms with Crippen molar-refractivity contribution in [3.05, 3.63) is 64.7 Å². The van der Waals surface area contributed by atoms with Gasteiger partial charge in [-0.15, -0.1) is 0 Å². The number of anilines is 1. The minimum Gasteiger partial charge on any atom is -0.412 e. The molecule has 2 aromatic rings. The molecule has 0 unspecified atom stereocenters. The largest absolute Gasteiger partial charge is 0.412 e. The Morgan fingerprint density at radius 1 is 0.950 bits per heavy atom. The zero-order valence-electron chi connectivity index (χ0n) is 10.2. The van der Waals surface area contributed by atoms with E-state index >= 15 is 0 Å². The second-order valence-electron chi connectivity index (χ2n) is 3.72. The second kappa shape index (κ2) is 6.13. The van der Waals surface area contributed by atoms with E-state index in [0.29, 0.717) is 5.69 Å². The highest BCUT2D eigenvalue weighted by molar-refractivity contribution is 7.92. The van der Waals surface area contributed by atoms with Gasteiger partial charge >= 0.3 is 0 Å². The molecule has 0 saturated carbocycles. The summed E-state index contributed by atoms with van der Waals surface area (Å²) in [6, 6.07) is 13.1. The summed E-state index contributed by atoms with van der Waals surface area (Å²) in [6.07, 6.45) is 0. The fraction of sp³-hybridized carbons (Fsp3) is 0. The summed E-state index contributed by atoms with van der Waals surface area (Å²) < 4.78 is 26.4. The van der Waals surface area contributed by atoms with Gasteiger partial charge in [0.2, 0.25) is 0 Å². The average molecular weight is 296 g/mol. The van der Waals surface area contributed by atoms with Crippen LogP contribution < -0.4 is 4.72 Å². The molecule has 0 aromatic heterocycles. The molecule has 0 radical (unpaired) electrons. The van der Waals surface area contributed by atoms with E-state index in [0.717, 1.165) is 12.1 Å². The third kappa shape index (κ3) is 3.53. The van der Waals surface area contributed by atoms with Gasteiger partial charge in [-0.3, -0.25) is 14.8 Å². The summed E-state index contributed by atoms with van der Waals surface area (Å²) in [5.41, 5.74) is 0.277. The molecule has 0 saturated heterocycles. The quantitative estimate of drug-likeness (QED) is 0.679. The Labute approximate surface area is 115 Å². The van der Waals surface area contributed by atoms with Crippen LogP contribution in [0.4, 0.5) is 11.4 Å². The molecular weight excluding hydrogens is 284 g/mol. The van der Waals surface area contributed by atoms with Crippen molar-refractivity contribution >= 4 is 21.4 Å². The lowest BCUT2D eigenvalue weighted by atomic mass is 10.3. The number of hydrogen-bond acceptors (Lipinski definition) is 4. The highest BCUT2D eigenvalue weighted by atomic mass is 32.2. The van der Waals surface area contributed by atoms with Crippen LogP contribution in [0.5, 0.6) is 0 Å². The van der Waals surface area contributed by atoms with E-state index in [-0.39, 0.29) is 16.1 Å². The van der Waals surface area contributed by atoms with Gasteiger partial charge in [-0.2, -0.15) is 0 Å². The van der Waals surface area contributed by atoms with Gasteiger partial charge in [0.15, 0.2) is 0 Å². The minimum absolute atomic E-state index is 0. The van der Waals surface area contributed by atoms with Crippen molar-refractivity contribution in [3.63, 3.8) is 0 Å². The van der Waals surface area contributed by atoms with Crippen LogP contribution in [0.3, 0.4) is 0 Å². The molecule has 7 nitrogen and oxygen atoms in total. The molecule has 2 aromatic carbocycles. The highest BCUT2D eigenvalue weighted by Gasteiger charge is 2.15. The first-order valence-corrected chi connectivity index (χ1v) is 6.80. The summed E-state index contributed by atoms with van der Waals surface area (Å²) >= 11 is 0. The van der Waals surface area contributed by atoms with Gasteiger partial charge in [0, 0.05) is 17.8 Å². The zero-order valence-corrected chi connectivity index (χ0v) is 11.0. The fourth-order valence-corrected chi connectivity index (χ4v) is 2.53. The summed E-state index contributed by atoms with van der Waals surface area (Å²) in [5, 5.41) is 10.5. The van der Waals surface area contributed by atoms with Crippen LogP contribution in [0.25, 0.3) is 0 Å². The van der Waals surface area contributed by atoms with Crippen LogP contribution in [-0.4, -0.2) is 18.8 Å². The zero-order chi connectivity index (χ0) is 13.9. The topological polar surface area (TPSA) is 121 Å². The molecule has 0 heterocycles. The van der Waals surface area contributed by atoms with Crippen molar-refractivity contribution < 1.29 is 18.8 Å². The van der Waals surface area contributed by atoms with Gasteiger partial charge in [-0.1, -0.05) is 18.2 Å². The normalized spacial score (nSPS) is 10.4. The molecule has 20 heavy (non-hydrogen) atoms. The maximum atomic E-state index is 12.0. The summed E-state index contributed by atoms with van der Waals surface area (Å²) in [5.74, 6) is 0. The van der Waals surface area contributed by atoms with Crippen LogP contribution in [0.2, 0.25) is 0 Å². The molecule has 0 aliphatic rings. The molecule has 0 spiro atoms. The van der Waals surface area contributed by atoms with Gasteiger partial charge < -0.3 is 5.48 Å². The van der Waals surface area contributed by atoms with Crippen molar-refractivity contribution in [2.24, 2.45) is 0 Å². The molecule has 0 atom stereocenters. The van der Waals surface area contributed by atoms with E-state index in [1.165, 1.54) is 12.1 Å². The highest BCUT2D eigenvalue weighted by Crippen LogP contribution is 2.18. The molecular formula is C12H12N2O5S. The predicted octanol–water partition coefficient (Wildman–Crippen LogP) is 1.57. The van der Waals surface area contributed by atoms with E-state index < -0.39 is 14.9 Å². The third-order valence-corrected chi connectivity index (χ3v) is 3.78. The van der Waals surface area contributed by atoms with Crippen LogP contribution in [-0.2, 0) is 10.0 Å². The number of nitrogens with one attached hydrogen (secondary N) is 1. The standard InChI is InChI=1S/C12H10N2O4S.H2O/c15-14(16)11-6-8-12(9-7-11)19(17,18)13-10-4-2-1-3-5-10;/h1-9,13H;1H2. The molecule has 0 aliphatic heterocycles. The third-order valence-electron chi connectivity index (χ3n) is 2.38. The first-order valence-electron chi connectivity index (χ1n) is 5.31. The smallest absolute Gasteiger partial charge is 0.269 e. The maximum absolute atomic E-state index is 12.0. The van der Waals surface area contributed by atoms with Crippen LogP contribution in [0, 0.1) is 10.1 Å². The van der Waals surface area contributed by atoms with Gasteiger partial charge in [-0.25, -0.2) is 8.42 Å². The lowest BCUT2D eigenvalue weighted by Gasteiger charge is -2.07. The second-order valence-corrected chi connectivity index (χ2v) is 5.40. The summed E-state index contributed by atoms with van der Waals surface area (Å²) in [4.78, 5) is 9.89. The van der Waals surface area contributed by atoms with E-state index in [2.05, 4.69) is 4.72 Å². The van der Waals surface area contributed by atoms with Crippen molar-refractivity contribution in [2.45, 2.75) is 4.90 Å². The van der Waals surface area contributed by atoms with Gasteiger partial charge in [0.25, 0.3) is 15.7 Å².